The molecule has 0 aromatic rings. The molecule has 0 saturated carbocycles. The van der Waals surface area contributed by atoms with E-state index in [-0.39, 0.29) is 12.8 Å². The van der Waals surface area contributed by atoms with Gasteiger partial charge in [0.15, 0.2) is 6.04 Å². The van der Waals surface area contributed by atoms with Gasteiger partial charge in [-0.1, -0.05) is 126 Å². The molecule has 1 amide bonds. The van der Waals surface area contributed by atoms with Crippen molar-refractivity contribution in [3.8, 4) is 0 Å². The van der Waals surface area contributed by atoms with Gasteiger partial charge in [-0.2, -0.15) is 0 Å². The number of aliphatic carboxylic acids is 1. The molecule has 54 heavy (non-hydrogen) atoms. The number of hydrogen-bond acceptors (Lipinski definition) is 8. The van der Waals surface area contributed by atoms with E-state index in [1.54, 1.807) is 0 Å². The Morgan fingerprint density at radius 3 is 1.61 bits per heavy atom. The zero-order chi connectivity index (χ0) is 40.0. The number of ether oxygens (including phenoxy) is 1. The highest BCUT2D eigenvalue weighted by molar-refractivity contribution is 7.47. The third-order valence-corrected chi connectivity index (χ3v) is 9.24. The molecule has 0 aliphatic rings. The first-order valence-electron chi connectivity index (χ1n) is 20.3. The Balaban J connectivity index is 3.99. The number of allylic oxidation sites excluding steroid dienone is 10. The number of esters is 1. The Morgan fingerprint density at radius 2 is 1.07 bits per heavy atom. The topological polar surface area (TPSA) is 169 Å². The van der Waals surface area contributed by atoms with E-state index in [9.17, 15) is 34.1 Å². The first-order valence-corrected chi connectivity index (χ1v) is 21.8. The summed E-state index contributed by atoms with van der Waals surface area (Å²) >= 11 is 0. The summed E-state index contributed by atoms with van der Waals surface area (Å²) in [6.45, 7) is 2.40. The van der Waals surface area contributed by atoms with Crippen LogP contribution in [-0.4, -0.2) is 64.9 Å². The van der Waals surface area contributed by atoms with E-state index < -0.39 is 57.6 Å². The number of carboxylic acid groups (broad SMARTS) is 1. The van der Waals surface area contributed by atoms with Crippen molar-refractivity contribution in [3.63, 3.8) is 0 Å². The Kier molecular flexibility index (Phi) is 35.2. The number of carboxylic acids is 1. The third-order valence-electron chi connectivity index (χ3n) is 8.29. The number of unbranched alkanes of at least 4 members (excludes halogenated alkanes) is 13. The second-order valence-electron chi connectivity index (χ2n) is 13.4. The molecule has 0 saturated heterocycles. The van der Waals surface area contributed by atoms with Gasteiger partial charge in [0.25, 0.3) is 0 Å². The van der Waals surface area contributed by atoms with Crippen LogP contribution in [0.4, 0.5) is 0 Å². The first kappa shape index (κ1) is 51.2. The van der Waals surface area contributed by atoms with Crippen molar-refractivity contribution in [2.75, 3.05) is 19.8 Å². The van der Waals surface area contributed by atoms with Crippen LogP contribution in [-0.2, 0) is 32.7 Å². The molecule has 310 valence electrons. The summed E-state index contributed by atoms with van der Waals surface area (Å²) in [6, 6.07) is -1.56. The number of carbonyl (C=O) groups is 3. The minimum absolute atomic E-state index is 0.122. The third kappa shape index (κ3) is 36.2. The molecular weight excluding hydrogens is 709 g/mol. The van der Waals surface area contributed by atoms with E-state index >= 15 is 0 Å². The van der Waals surface area contributed by atoms with Gasteiger partial charge in [-0.15, -0.1) is 0 Å². The van der Waals surface area contributed by atoms with Gasteiger partial charge in [-0.25, -0.2) is 9.36 Å². The van der Waals surface area contributed by atoms with Crippen molar-refractivity contribution in [1.29, 1.82) is 0 Å². The number of aliphatic hydroxyl groups excluding tert-OH is 1. The predicted molar refractivity (Wildman–Crippen MR) is 217 cm³/mol. The lowest BCUT2D eigenvalue weighted by Crippen LogP contribution is -2.43. The molecule has 0 radical (unpaired) electrons. The molecule has 0 aromatic carbocycles. The van der Waals surface area contributed by atoms with E-state index in [0.717, 1.165) is 96.3 Å². The number of phosphoric ester groups is 1. The minimum atomic E-state index is -4.76. The lowest BCUT2D eigenvalue weighted by Gasteiger charge is -2.18. The lowest BCUT2D eigenvalue weighted by atomic mass is 10.1. The van der Waals surface area contributed by atoms with Crippen molar-refractivity contribution in [2.45, 2.75) is 167 Å². The quantitative estimate of drug-likeness (QED) is 0.0206. The predicted octanol–water partition coefficient (Wildman–Crippen LogP) is 10.00. The normalized spacial score (nSPS) is 14.4. The van der Waals surface area contributed by atoms with Gasteiger partial charge in [-0.05, 0) is 77.0 Å². The summed E-state index contributed by atoms with van der Waals surface area (Å²) in [5.74, 6) is -2.42. The van der Waals surface area contributed by atoms with Gasteiger partial charge in [0.2, 0.25) is 5.91 Å². The van der Waals surface area contributed by atoms with Crippen LogP contribution in [0, 0.1) is 0 Å². The Hall–Kier alpha value is -2.82. The van der Waals surface area contributed by atoms with Crippen LogP contribution in [0.2, 0.25) is 0 Å². The zero-order valence-electron chi connectivity index (χ0n) is 33.3. The number of amides is 1. The van der Waals surface area contributed by atoms with Gasteiger partial charge < -0.3 is 25.2 Å². The molecule has 0 fully saturated rings. The number of carbonyl (C=O) groups excluding carboxylic acids is 2. The van der Waals surface area contributed by atoms with Gasteiger partial charge in [0.05, 0.1) is 13.2 Å². The van der Waals surface area contributed by atoms with Crippen LogP contribution < -0.4 is 5.32 Å². The van der Waals surface area contributed by atoms with E-state index in [1.165, 1.54) is 19.3 Å². The highest BCUT2D eigenvalue weighted by Crippen LogP contribution is 2.43. The molecule has 3 atom stereocenters. The van der Waals surface area contributed by atoms with Gasteiger partial charge >= 0.3 is 19.8 Å². The lowest BCUT2D eigenvalue weighted by molar-refractivity contribution is -0.147. The maximum Gasteiger partial charge on any atom is 0.472 e. The molecule has 0 bridgehead atoms. The fourth-order valence-corrected chi connectivity index (χ4v) is 5.89. The van der Waals surface area contributed by atoms with Gasteiger partial charge in [0, 0.05) is 12.8 Å². The van der Waals surface area contributed by atoms with Gasteiger partial charge in [0.1, 0.15) is 12.7 Å². The van der Waals surface area contributed by atoms with Crippen LogP contribution >= 0.6 is 7.82 Å². The van der Waals surface area contributed by atoms with Crippen LogP contribution in [0.25, 0.3) is 0 Å². The van der Waals surface area contributed by atoms with E-state index in [4.69, 9.17) is 13.8 Å². The number of aliphatic hydroxyl groups is 1. The summed E-state index contributed by atoms with van der Waals surface area (Å²) in [5.41, 5.74) is 0. The molecule has 0 heterocycles. The second-order valence-corrected chi connectivity index (χ2v) is 14.9. The van der Waals surface area contributed by atoms with Crippen molar-refractivity contribution in [3.05, 3.63) is 60.8 Å². The molecule has 0 aromatic heterocycles. The van der Waals surface area contributed by atoms with E-state index in [0.29, 0.717) is 12.8 Å². The molecule has 3 unspecified atom stereocenters. The van der Waals surface area contributed by atoms with Crippen LogP contribution in [0.5, 0.6) is 0 Å². The highest BCUT2D eigenvalue weighted by Gasteiger charge is 2.28. The van der Waals surface area contributed by atoms with Crippen molar-refractivity contribution < 1.29 is 47.8 Å². The zero-order valence-corrected chi connectivity index (χ0v) is 34.1. The Labute approximate surface area is 326 Å². The first-order chi connectivity index (χ1) is 26.1. The van der Waals surface area contributed by atoms with E-state index in [2.05, 4.69) is 79.9 Å². The molecular formula is C42H72NO10P. The van der Waals surface area contributed by atoms with Crippen molar-refractivity contribution >= 4 is 25.7 Å². The van der Waals surface area contributed by atoms with Gasteiger partial charge in [-0.3, -0.25) is 18.6 Å². The minimum Gasteiger partial charge on any atom is -0.480 e. The molecule has 4 N–H and O–H groups in total. The van der Waals surface area contributed by atoms with Crippen LogP contribution in [0.15, 0.2) is 60.8 Å². The average Bonchev–Trinajstić information content (AvgIpc) is 3.14. The fourth-order valence-electron chi connectivity index (χ4n) is 5.12. The average molecular weight is 782 g/mol. The van der Waals surface area contributed by atoms with Crippen LogP contribution in [0.3, 0.4) is 0 Å². The number of rotatable bonds is 37. The maximum atomic E-state index is 12.3. The molecule has 12 heteroatoms. The molecule has 0 spiro atoms. The summed E-state index contributed by atoms with van der Waals surface area (Å²) in [6.07, 6.45) is 41.0. The molecule has 11 nitrogen and oxygen atoms in total. The molecule has 0 aliphatic carbocycles. The smallest absolute Gasteiger partial charge is 0.472 e. The molecule has 0 rings (SSSR count). The van der Waals surface area contributed by atoms with Crippen molar-refractivity contribution in [1.82, 2.24) is 5.32 Å². The largest absolute Gasteiger partial charge is 0.480 e. The molecule has 0 aliphatic heterocycles. The standard InChI is InChI=1S/C42H72NO10P/c1-3-5-7-9-11-13-15-17-19-21-23-25-27-29-31-33-40(45)43-39(42(47)48)37-53-54(49,50)52-36-38(44)35-51-41(46)34-32-30-28-26-24-22-20-18-16-14-12-10-8-6-4-2/h5,7,11-14,17-20,38-39,44H,3-4,6,8-10,15-16,21-37H2,1-2H3,(H,43,45)(H,47,48)(H,49,50)/b7-5-,13-11-,14-12-,19-17-,20-18-. The maximum absolute atomic E-state index is 12.3. The monoisotopic (exact) mass is 781 g/mol. The van der Waals surface area contributed by atoms with Crippen LogP contribution in [0.1, 0.15) is 155 Å². The van der Waals surface area contributed by atoms with Crippen molar-refractivity contribution in [2.24, 2.45) is 0 Å². The number of nitrogens with one attached hydrogen (secondary N) is 1. The van der Waals surface area contributed by atoms with E-state index in [1.807, 2.05) is 0 Å². The fraction of sp³-hybridized carbons (Fsp3) is 0.690. The Morgan fingerprint density at radius 1 is 0.611 bits per heavy atom. The summed E-state index contributed by atoms with van der Waals surface area (Å²) in [7, 11) is -4.76. The summed E-state index contributed by atoms with van der Waals surface area (Å²) in [5, 5.41) is 21.8. The second kappa shape index (κ2) is 37.1. The highest BCUT2D eigenvalue weighted by atomic mass is 31.2. The SMILES string of the molecule is CC/C=C\C/C=C\C/C=C\CCCCCCCC(=O)NC(COP(=O)(O)OCC(O)COC(=O)CCCCCCC/C=C\C/C=C\CCCCC)C(=O)O. The summed E-state index contributed by atoms with van der Waals surface area (Å²) in [4.78, 5) is 45.8. The summed E-state index contributed by atoms with van der Waals surface area (Å²) < 4.78 is 26.8. The number of phosphoric acid groups is 1. The Bertz CT molecular complexity index is 1150. The number of hydrogen-bond donors (Lipinski definition) is 4.